The Hall–Kier alpha value is -2.05. The van der Waals surface area contributed by atoms with E-state index in [0.717, 1.165) is 5.56 Å². The summed E-state index contributed by atoms with van der Waals surface area (Å²) in [5, 5.41) is 2.73. The Morgan fingerprint density at radius 2 is 1.58 bits per heavy atom. The topological polar surface area (TPSA) is 75.3 Å². The lowest BCUT2D eigenvalue weighted by molar-refractivity contribution is -0.116. The molecule has 2 aromatic carbocycles. The fourth-order valence-electron chi connectivity index (χ4n) is 2.00. The van der Waals surface area contributed by atoms with E-state index in [0.29, 0.717) is 30.1 Å². The minimum atomic E-state index is -3.63. The molecule has 0 aliphatic rings. The van der Waals surface area contributed by atoms with Crippen LogP contribution in [0.1, 0.15) is 18.4 Å². The monoisotopic (exact) mass is 366 g/mol. The van der Waals surface area contributed by atoms with Gasteiger partial charge >= 0.3 is 0 Å². The maximum absolute atomic E-state index is 12.3. The summed E-state index contributed by atoms with van der Waals surface area (Å²) in [6.07, 6.45) is 0.965. The van der Waals surface area contributed by atoms with E-state index in [1.165, 1.54) is 0 Å². The molecule has 0 saturated carbocycles. The van der Waals surface area contributed by atoms with Crippen LogP contribution in [0, 0.1) is 6.92 Å². The second-order valence-electron chi connectivity index (χ2n) is 5.34. The highest BCUT2D eigenvalue weighted by atomic mass is 35.5. The van der Waals surface area contributed by atoms with Crippen LogP contribution < -0.4 is 10.0 Å². The van der Waals surface area contributed by atoms with E-state index >= 15 is 0 Å². The van der Waals surface area contributed by atoms with Crippen LogP contribution in [-0.4, -0.2) is 20.2 Å². The molecule has 5 nitrogen and oxygen atoms in total. The normalized spacial score (nSPS) is 11.1. The van der Waals surface area contributed by atoms with Gasteiger partial charge in [-0.25, -0.2) is 8.42 Å². The standard InChI is InChI=1S/C17H19ClN2O3S/c1-13-4-10-16(11-5-13)24(22,23)20-15-8-6-14(7-9-15)19-17(21)3-2-12-18/h4-11,20H,2-3,12H2,1H3,(H,19,21). The van der Waals surface area contributed by atoms with Crippen molar-refractivity contribution in [3.63, 3.8) is 0 Å². The van der Waals surface area contributed by atoms with Gasteiger partial charge < -0.3 is 5.32 Å². The van der Waals surface area contributed by atoms with Crippen molar-refractivity contribution in [1.82, 2.24) is 0 Å². The van der Waals surface area contributed by atoms with E-state index < -0.39 is 10.0 Å². The van der Waals surface area contributed by atoms with Gasteiger partial charge in [-0.15, -0.1) is 11.6 Å². The highest BCUT2D eigenvalue weighted by Gasteiger charge is 2.13. The molecule has 24 heavy (non-hydrogen) atoms. The first-order valence-corrected chi connectivity index (χ1v) is 9.48. The van der Waals surface area contributed by atoms with Crippen molar-refractivity contribution in [1.29, 1.82) is 0 Å². The van der Waals surface area contributed by atoms with Crippen LogP contribution in [0.2, 0.25) is 0 Å². The number of benzene rings is 2. The number of sulfonamides is 1. The molecule has 1 amide bonds. The molecule has 2 N–H and O–H groups in total. The third-order valence-corrected chi connectivity index (χ3v) is 4.95. The number of amides is 1. The lowest BCUT2D eigenvalue weighted by Gasteiger charge is -2.10. The number of anilines is 2. The van der Waals surface area contributed by atoms with E-state index in [4.69, 9.17) is 11.6 Å². The van der Waals surface area contributed by atoms with Crippen molar-refractivity contribution < 1.29 is 13.2 Å². The van der Waals surface area contributed by atoms with Crippen LogP contribution in [0.3, 0.4) is 0 Å². The van der Waals surface area contributed by atoms with Gasteiger partial charge in [-0.05, 0) is 49.7 Å². The first-order valence-electron chi connectivity index (χ1n) is 7.46. The summed E-state index contributed by atoms with van der Waals surface area (Å²) in [7, 11) is -3.63. The fourth-order valence-corrected chi connectivity index (χ4v) is 3.20. The van der Waals surface area contributed by atoms with Crippen molar-refractivity contribution in [2.24, 2.45) is 0 Å². The quantitative estimate of drug-likeness (QED) is 0.733. The molecule has 0 aromatic heterocycles. The largest absolute Gasteiger partial charge is 0.326 e. The number of rotatable bonds is 7. The second-order valence-corrected chi connectivity index (χ2v) is 7.40. The zero-order valence-corrected chi connectivity index (χ0v) is 14.8. The van der Waals surface area contributed by atoms with E-state index in [2.05, 4.69) is 10.0 Å². The van der Waals surface area contributed by atoms with Crippen molar-refractivity contribution in [2.75, 3.05) is 15.9 Å². The second kappa shape index (κ2) is 8.17. The SMILES string of the molecule is Cc1ccc(S(=O)(=O)Nc2ccc(NC(=O)CCCCl)cc2)cc1. The predicted octanol–water partition coefficient (Wildman–Crippen LogP) is 3.75. The predicted molar refractivity (Wildman–Crippen MR) is 97.0 cm³/mol. The summed E-state index contributed by atoms with van der Waals surface area (Å²) < 4.78 is 27.1. The maximum Gasteiger partial charge on any atom is 0.261 e. The summed E-state index contributed by atoms with van der Waals surface area (Å²) in [4.78, 5) is 11.8. The molecule has 128 valence electrons. The van der Waals surface area contributed by atoms with Gasteiger partial charge in [0.2, 0.25) is 5.91 Å². The molecule has 0 bridgehead atoms. The Kier molecular flexibility index (Phi) is 6.23. The van der Waals surface area contributed by atoms with E-state index in [9.17, 15) is 13.2 Å². The molecule has 0 heterocycles. The molecule has 0 aliphatic heterocycles. The molecule has 0 aliphatic carbocycles. The van der Waals surface area contributed by atoms with Gasteiger partial charge in [0, 0.05) is 23.7 Å². The van der Waals surface area contributed by atoms with Crippen LogP contribution in [0.4, 0.5) is 11.4 Å². The van der Waals surface area contributed by atoms with Crippen LogP contribution in [0.25, 0.3) is 0 Å². The van der Waals surface area contributed by atoms with Crippen molar-refractivity contribution in [3.05, 3.63) is 54.1 Å². The zero-order chi connectivity index (χ0) is 17.6. The van der Waals surface area contributed by atoms with Crippen LogP contribution >= 0.6 is 11.6 Å². The van der Waals surface area contributed by atoms with Crippen LogP contribution in [0.5, 0.6) is 0 Å². The number of hydrogen-bond acceptors (Lipinski definition) is 3. The minimum absolute atomic E-state index is 0.122. The Bertz CT molecular complexity index is 788. The molecule has 0 radical (unpaired) electrons. The van der Waals surface area contributed by atoms with E-state index in [1.54, 1.807) is 48.5 Å². The van der Waals surface area contributed by atoms with Crippen molar-refractivity contribution >= 4 is 38.9 Å². The minimum Gasteiger partial charge on any atom is -0.326 e. The summed E-state index contributed by atoms with van der Waals surface area (Å²) in [5.74, 6) is 0.316. The molecule has 7 heteroatoms. The third-order valence-electron chi connectivity index (χ3n) is 3.29. The number of halogens is 1. The molecule has 0 spiro atoms. The summed E-state index contributed by atoms with van der Waals surface area (Å²) in [6.45, 7) is 1.89. The first kappa shape index (κ1) is 18.3. The molecule has 0 saturated heterocycles. The van der Waals surface area contributed by atoms with E-state index in [1.807, 2.05) is 6.92 Å². The molecular formula is C17H19ClN2O3S. The number of aryl methyl sites for hydroxylation is 1. The van der Waals surface area contributed by atoms with Crippen molar-refractivity contribution in [2.45, 2.75) is 24.7 Å². The van der Waals surface area contributed by atoms with Gasteiger partial charge in [-0.1, -0.05) is 17.7 Å². The number of alkyl halides is 1. The van der Waals surface area contributed by atoms with Crippen LogP contribution in [-0.2, 0) is 14.8 Å². The average Bonchev–Trinajstić information content (AvgIpc) is 2.55. The molecule has 0 atom stereocenters. The lowest BCUT2D eigenvalue weighted by atomic mass is 10.2. The number of hydrogen-bond donors (Lipinski definition) is 2. The summed E-state index contributed by atoms with van der Waals surface area (Å²) in [6, 6.07) is 13.1. The lowest BCUT2D eigenvalue weighted by Crippen LogP contribution is -2.13. The average molecular weight is 367 g/mol. The van der Waals surface area contributed by atoms with Crippen LogP contribution in [0.15, 0.2) is 53.4 Å². The molecular weight excluding hydrogens is 348 g/mol. The highest BCUT2D eigenvalue weighted by Crippen LogP contribution is 2.19. The third kappa shape index (κ3) is 5.25. The Morgan fingerprint density at radius 1 is 1.00 bits per heavy atom. The summed E-state index contributed by atoms with van der Waals surface area (Å²) >= 11 is 5.54. The van der Waals surface area contributed by atoms with Gasteiger partial charge in [-0.3, -0.25) is 9.52 Å². The highest BCUT2D eigenvalue weighted by molar-refractivity contribution is 7.92. The van der Waals surface area contributed by atoms with Gasteiger partial charge in [0.15, 0.2) is 0 Å². The zero-order valence-electron chi connectivity index (χ0n) is 13.3. The number of carbonyl (C=O) groups is 1. The maximum atomic E-state index is 12.3. The van der Waals surface area contributed by atoms with Gasteiger partial charge in [0.25, 0.3) is 10.0 Å². The Morgan fingerprint density at radius 3 is 2.17 bits per heavy atom. The number of nitrogens with one attached hydrogen (secondary N) is 2. The number of carbonyl (C=O) groups excluding carboxylic acids is 1. The molecule has 2 rings (SSSR count). The molecule has 0 unspecified atom stereocenters. The Labute approximate surface area is 147 Å². The Balaban J connectivity index is 2.03. The van der Waals surface area contributed by atoms with Gasteiger partial charge in [0.1, 0.15) is 0 Å². The molecule has 0 fully saturated rings. The molecule has 2 aromatic rings. The first-order chi connectivity index (χ1) is 11.4. The van der Waals surface area contributed by atoms with E-state index in [-0.39, 0.29) is 10.8 Å². The van der Waals surface area contributed by atoms with Crippen molar-refractivity contribution in [3.8, 4) is 0 Å². The smallest absolute Gasteiger partial charge is 0.261 e. The fraction of sp³-hybridized carbons (Fsp3) is 0.235. The van der Waals surface area contributed by atoms with Gasteiger partial charge in [0.05, 0.1) is 4.90 Å². The van der Waals surface area contributed by atoms with Gasteiger partial charge in [-0.2, -0.15) is 0 Å². The summed E-state index contributed by atoms with van der Waals surface area (Å²) in [5.41, 5.74) is 2.02.